The SMILES string of the molecule is CC(C)(C)OC(=O)N[C@H](CC1CN(C(=O)OC(C)(C)C)C1)C(=O)O. The molecular formula is C16H28N2O6. The van der Waals surface area contributed by atoms with E-state index < -0.39 is 35.4 Å². The highest BCUT2D eigenvalue weighted by atomic mass is 16.6. The molecule has 0 aliphatic carbocycles. The Morgan fingerprint density at radius 1 is 1.08 bits per heavy atom. The summed E-state index contributed by atoms with van der Waals surface area (Å²) >= 11 is 0. The Morgan fingerprint density at radius 2 is 1.58 bits per heavy atom. The summed E-state index contributed by atoms with van der Waals surface area (Å²) < 4.78 is 10.3. The van der Waals surface area contributed by atoms with Crippen molar-refractivity contribution in [3.05, 3.63) is 0 Å². The monoisotopic (exact) mass is 344 g/mol. The number of nitrogens with zero attached hydrogens (tertiary/aromatic N) is 1. The van der Waals surface area contributed by atoms with Crippen molar-refractivity contribution in [1.82, 2.24) is 10.2 Å². The normalized spacial score (nSPS) is 16.8. The molecule has 8 heteroatoms. The lowest BCUT2D eigenvalue weighted by atomic mass is 9.92. The Morgan fingerprint density at radius 3 is 2.00 bits per heavy atom. The van der Waals surface area contributed by atoms with Crippen LogP contribution in [0.25, 0.3) is 0 Å². The minimum absolute atomic E-state index is 0.00597. The maximum atomic E-state index is 11.8. The molecule has 2 N–H and O–H groups in total. The quantitative estimate of drug-likeness (QED) is 0.810. The van der Waals surface area contributed by atoms with Crippen molar-refractivity contribution < 1.29 is 29.0 Å². The predicted molar refractivity (Wildman–Crippen MR) is 86.7 cm³/mol. The number of carbonyl (C=O) groups is 3. The van der Waals surface area contributed by atoms with Crippen molar-refractivity contribution in [2.24, 2.45) is 5.92 Å². The number of likely N-dealkylation sites (tertiary alicyclic amines) is 1. The molecule has 1 saturated heterocycles. The summed E-state index contributed by atoms with van der Waals surface area (Å²) in [6.07, 6.45) is -0.947. The lowest BCUT2D eigenvalue weighted by molar-refractivity contribution is -0.140. The number of amides is 2. The number of carbonyl (C=O) groups excluding carboxylic acids is 2. The number of hydrogen-bond acceptors (Lipinski definition) is 5. The maximum absolute atomic E-state index is 11.8. The summed E-state index contributed by atoms with van der Waals surface area (Å²) in [5.41, 5.74) is -1.26. The molecule has 8 nitrogen and oxygen atoms in total. The second-order valence-corrected chi connectivity index (χ2v) is 8.02. The first kappa shape index (κ1) is 20.1. The summed E-state index contributed by atoms with van der Waals surface area (Å²) in [6.45, 7) is 11.3. The first-order valence-corrected chi connectivity index (χ1v) is 7.97. The number of alkyl carbamates (subject to hydrolysis) is 1. The highest BCUT2D eigenvalue weighted by Crippen LogP contribution is 2.23. The van der Waals surface area contributed by atoms with Crippen LogP contribution in [0.4, 0.5) is 9.59 Å². The van der Waals surface area contributed by atoms with E-state index in [0.717, 1.165) is 0 Å². The zero-order valence-electron chi connectivity index (χ0n) is 15.2. The summed E-state index contributed by atoms with van der Waals surface area (Å²) in [6, 6.07) is -1.05. The van der Waals surface area contributed by atoms with Crippen LogP contribution in [0.5, 0.6) is 0 Å². The van der Waals surface area contributed by atoms with Crippen molar-refractivity contribution in [1.29, 1.82) is 0 Å². The zero-order valence-corrected chi connectivity index (χ0v) is 15.2. The summed E-state index contributed by atoms with van der Waals surface area (Å²) in [7, 11) is 0. The third-order valence-electron chi connectivity index (χ3n) is 3.17. The van der Waals surface area contributed by atoms with Gasteiger partial charge < -0.3 is 24.8 Å². The number of rotatable bonds is 4. The Labute approximate surface area is 142 Å². The average Bonchev–Trinajstić information content (AvgIpc) is 2.25. The smallest absolute Gasteiger partial charge is 0.410 e. The molecule has 138 valence electrons. The van der Waals surface area contributed by atoms with Crippen LogP contribution in [0.3, 0.4) is 0 Å². The number of aliphatic carboxylic acids is 1. The van der Waals surface area contributed by atoms with Crippen LogP contribution in [0.15, 0.2) is 0 Å². The molecule has 0 saturated carbocycles. The van der Waals surface area contributed by atoms with Gasteiger partial charge in [-0.05, 0) is 53.9 Å². The van der Waals surface area contributed by atoms with E-state index in [4.69, 9.17) is 9.47 Å². The van der Waals surface area contributed by atoms with E-state index in [0.29, 0.717) is 13.1 Å². The van der Waals surface area contributed by atoms with Crippen LogP contribution in [0, 0.1) is 5.92 Å². The molecule has 0 aromatic heterocycles. The zero-order chi connectivity index (χ0) is 18.7. The van der Waals surface area contributed by atoms with Gasteiger partial charge in [0.05, 0.1) is 0 Å². The molecule has 0 radical (unpaired) electrons. The van der Waals surface area contributed by atoms with Gasteiger partial charge in [0, 0.05) is 13.1 Å². The van der Waals surface area contributed by atoms with Gasteiger partial charge >= 0.3 is 18.2 Å². The second-order valence-electron chi connectivity index (χ2n) is 8.02. The molecule has 1 aliphatic rings. The van der Waals surface area contributed by atoms with Crippen LogP contribution in [-0.2, 0) is 14.3 Å². The summed E-state index contributed by atoms with van der Waals surface area (Å²) in [5, 5.41) is 11.6. The molecular weight excluding hydrogens is 316 g/mol. The maximum Gasteiger partial charge on any atom is 0.410 e. The van der Waals surface area contributed by atoms with Gasteiger partial charge in [0.2, 0.25) is 0 Å². The number of hydrogen-bond donors (Lipinski definition) is 2. The van der Waals surface area contributed by atoms with Gasteiger partial charge in [-0.25, -0.2) is 14.4 Å². The molecule has 0 aromatic rings. The van der Waals surface area contributed by atoms with Gasteiger partial charge in [-0.1, -0.05) is 0 Å². The fourth-order valence-corrected chi connectivity index (χ4v) is 2.20. The Kier molecular flexibility index (Phi) is 6.08. The lowest BCUT2D eigenvalue weighted by Gasteiger charge is -2.40. The minimum Gasteiger partial charge on any atom is -0.480 e. The van der Waals surface area contributed by atoms with Crippen molar-refractivity contribution in [2.45, 2.75) is 65.2 Å². The third-order valence-corrected chi connectivity index (χ3v) is 3.17. The first-order chi connectivity index (χ1) is 10.8. The standard InChI is InChI=1S/C16H28N2O6/c1-15(2,3)23-13(21)17-11(12(19)20)7-10-8-18(9-10)14(22)24-16(4,5)6/h10-11H,7-9H2,1-6H3,(H,17,21)(H,19,20)/t11-/m1/s1. The third kappa shape index (κ3) is 7.06. The van der Waals surface area contributed by atoms with E-state index in [1.54, 1.807) is 41.5 Å². The average molecular weight is 344 g/mol. The van der Waals surface area contributed by atoms with Crippen molar-refractivity contribution >= 4 is 18.2 Å². The van der Waals surface area contributed by atoms with Gasteiger partial charge in [0.1, 0.15) is 17.2 Å². The molecule has 0 spiro atoms. The van der Waals surface area contributed by atoms with E-state index in [1.165, 1.54) is 4.90 Å². The highest BCUT2D eigenvalue weighted by molar-refractivity contribution is 5.80. The fourth-order valence-electron chi connectivity index (χ4n) is 2.20. The minimum atomic E-state index is -1.13. The molecule has 1 rings (SSSR count). The molecule has 1 fully saturated rings. The summed E-state index contributed by atoms with van der Waals surface area (Å²) in [5.74, 6) is -1.13. The topological polar surface area (TPSA) is 105 Å². The van der Waals surface area contributed by atoms with Gasteiger partial charge in [-0.3, -0.25) is 0 Å². The summed E-state index contributed by atoms with van der Waals surface area (Å²) in [4.78, 5) is 36.4. The Hall–Kier alpha value is -1.99. The number of carboxylic acid groups (broad SMARTS) is 1. The van der Waals surface area contributed by atoms with Crippen LogP contribution >= 0.6 is 0 Å². The van der Waals surface area contributed by atoms with Crippen LogP contribution < -0.4 is 5.32 Å². The van der Waals surface area contributed by atoms with Crippen LogP contribution in [-0.4, -0.2) is 58.5 Å². The highest BCUT2D eigenvalue weighted by Gasteiger charge is 2.37. The van der Waals surface area contributed by atoms with Gasteiger partial charge in [-0.2, -0.15) is 0 Å². The largest absolute Gasteiger partial charge is 0.480 e. The molecule has 1 aliphatic heterocycles. The number of nitrogens with one attached hydrogen (secondary N) is 1. The lowest BCUT2D eigenvalue weighted by Crippen LogP contribution is -2.54. The van der Waals surface area contributed by atoms with Gasteiger partial charge in [0.15, 0.2) is 0 Å². The van der Waals surface area contributed by atoms with Crippen molar-refractivity contribution in [2.75, 3.05) is 13.1 Å². The van der Waals surface area contributed by atoms with Crippen molar-refractivity contribution in [3.63, 3.8) is 0 Å². The van der Waals surface area contributed by atoms with E-state index in [-0.39, 0.29) is 12.3 Å². The Bertz CT molecular complexity index is 486. The van der Waals surface area contributed by atoms with Gasteiger partial charge in [0.25, 0.3) is 0 Å². The Balaban J connectivity index is 2.45. The molecule has 0 unspecified atom stereocenters. The molecule has 1 heterocycles. The van der Waals surface area contributed by atoms with Crippen molar-refractivity contribution in [3.8, 4) is 0 Å². The van der Waals surface area contributed by atoms with E-state index in [1.807, 2.05) is 0 Å². The van der Waals surface area contributed by atoms with E-state index >= 15 is 0 Å². The first-order valence-electron chi connectivity index (χ1n) is 7.97. The second kappa shape index (κ2) is 7.27. The number of ether oxygens (including phenoxy) is 2. The number of carboxylic acids is 1. The van der Waals surface area contributed by atoms with Gasteiger partial charge in [-0.15, -0.1) is 0 Å². The molecule has 0 aromatic carbocycles. The fraction of sp³-hybridized carbons (Fsp3) is 0.812. The van der Waals surface area contributed by atoms with E-state index in [2.05, 4.69) is 5.32 Å². The van der Waals surface area contributed by atoms with Crippen LogP contribution in [0.1, 0.15) is 48.0 Å². The van der Waals surface area contributed by atoms with E-state index in [9.17, 15) is 19.5 Å². The molecule has 2 amide bonds. The molecule has 24 heavy (non-hydrogen) atoms. The predicted octanol–water partition coefficient (Wildman–Crippen LogP) is 2.22. The molecule has 0 bridgehead atoms. The molecule has 1 atom stereocenters. The van der Waals surface area contributed by atoms with Crippen LogP contribution in [0.2, 0.25) is 0 Å².